The lowest BCUT2D eigenvalue weighted by Crippen LogP contribution is -2.49. The van der Waals surface area contributed by atoms with Crippen LogP contribution >= 0.6 is 15.9 Å². The van der Waals surface area contributed by atoms with Crippen LogP contribution in [-0.4, -0.2) is 47.0 Å². The molecule has 132 valence electrons. The highest BCUT2D eigenvalue weighted by molar-refractivity contribution is 9.10. The van der Waals surface area contributed by atoms with Gasteiger partial charge in [-0.25, -0.2) is 4.98 Å². The van der Waals surface area contributed by atoms with E-state index in [1.165, 1.54) is 0 Å². The fourth-order valence-corrected chi connectivity index (χ4v) is 3.44. The third kappa shape index (κ3) is 3.70. The van der Waals surface area contributed by atoms with Crippen LogP contribution in [0.3, 0.4) is 0 Å². The summed E-state index contributed by atoms with van der Waals surface area (Å²) in [6.45, 7) is 2.98. The topological polar surface area (TPSA) is 49.3 Å². The van der Waals surface area contributed by atoms with Gasteiger partial charge >= 0.3 is 0 Å². The number of anilines is 1. The lowest BCUT2D eigenvalue weighted by atomic mass is 10.1. The zero-order valence-corrected chi connectivity index (χ0v) is 15.9. The molecule has 0 aliphatic carbocycles. The van der Waals surface area contributed by atoms with Crippen LogP contribution in [-0.2, 0) is 11.2 Å². The summed E-state index contributed by atoms with van der Waals surface area (Å²) in [4.78, 5) is 25.9. The smallest absolute Gasteiger partial charge is 0.227 e. The highest BCUT2D eigenvalue weighted by Crippen LogP contribution is 2.18. The number of piperazine rings is 1. The Kier molecular flexibility index (Phi) is 4.84. The second kappa shape index (κ2) is 7.41. The number of hydrogen-bond acceptors (Lipinski definition) is 4. The third-order valence-electron chi connectivity index (χ3n) is 4.66. The van der Waals surface area contributed by atoms with Gasteiger partial charge in [0.1, 0.15) is 5.82 Å². The number of halogens is 1. The predicted octanol–water partition coefficient (Wildman–Crippen LogP) is 3.28. The highest BCUT2D eigenvalue weighted by atomic mass is 79.9. The summed E-state index contributed by atoms with van der Waals surface area (Å²) in [6, 6.07) is 15.8. The molecule has 1 saturated heterocycles. The average molecular weight is 411 g/mol. The summed E-state index contributed by atoms with van der Waals surface area (Å²) in [5.41, 5.74) is 2.85. The molecule has 3 aromatic rings. The number of aromatic nitrogens is 2. The first-order chi connectivity index (χ1) is 12.7. The van der Waals surface area contributed by atoms with Gasteiger partial charge in [-0.2, -0.15) is 0 Å². The molecule has 1 aromatic heterocycles. The van der Waals surface area contributed by atoms with Gasteiger partial charge in [-0.05, 0) is 29.8 Å². The molecule has 0 spiro atoms. The monoisotopic (exact) mass is 410 g/mol. The van der Waals surface area contributed by atoms with E-state index in [-0.39, 0.29) is 5.91 Å². The SMILES string of the molecule is O=C(Cc1ccc(Br)cc1)N1CCN(c2cnc3ccccc3n2)CC1. The van der Waals surface area contributed by atoms with Crippen molar-refractivity contribution in [3.63, 3.8) is 0 Å². The number of para-hydroxylation sites is 2. The van der Waals surface area contributed by atoms with E-state index in [9.17, 15) is 4.79 Å². The van der Waals surface area contributed by atoms with Gasteiger partial charge in [-0.1, -0.05) is 40.2 Å². The van der Waals surface area contributed by atoms with E-state index >= 15 is 0 Å². The first-order valence-electron chi connectivity index (χ1n) is 8.68. The van der Waals surface area contributed by atoms with Gasteiger partial charge < -0.3 is 9.80 Å². The molecule has 2 heterocycles. The van der Waals surface area contributed by atoms with E-state index in [1.54, 1.807) is 0 Å². The van der Waals surface area contributed by atoms with Crippen LogP contribution in [0.25, 0.3) is 11.0 Å². The summed E-state index contributed by atoms with van der Waals surface area (Å²) in [5.74, 6) is 1.06. The van der Waals surface area contributed by atoms with Crippen LogP contribution in [0.1, 0.15) is 5.56 Å². The molecule has 0 radical (unpaired) electrons. The van der Waals surface area contributed by atoms with E-state index < -0.39 is 0 Å². The van der Waals surface area contributed by atoms with Crippen LogP contribution in [0, 0.1) is 0 Å². The van der Waals surface area contributed by atoms with Crippen LogP contribution < -0.4 is 4.90 Å². The molecule has 0 atom stereocenters. The van der Waals surface area contributed by atoms with Crippen LogP contribution in [0.5, 0.6) is 0 Å². The van der Waals surface area contributed by atoms with Crippen molar-refractivity contribution in [1.29, 1.82) is 0 Å². The molecule has 4 rings (SSSR count). The summed E-state index contributed by atoms with van der Waals surface area (Å²) >= 11 is 3.42. The summed E-state index contributed by atoms with van der Waals surface area (Å²) < 4.78 is 1.03. The van der Waals surface area contributed by atoms with Gasteiger partial charge in [-0.3, -0.25) is 9.78 Å². The molecular formula is C20H19BrN4O. The molecule has 0 bridgehead atoms. The van der Waals surface area contributed by atoms with Crippen molar-refractivity contribution >= 4 is 38.7 Å². The largest absolute Gasteiger partial charge is 0.352 e. The molecule has 0 unspecified atom stereocenters. The van der Waals surface area contributed by atoms with E-state index in [4.69, 9.17) is 4.98 Å². The number of carbonyl (C=O) groups is 1. The Labute approximate surface area is 160 Å². The maximum absolute atomic E-state index is 12.5. The Bertz CT molecular complexity index is 921. The number of rotatable bonds is 3. The predicted molar refractivity (Wildman–Crippen MR) is 106 cm³/mol. The summed E-state index contributed by atoms with van der Waals surface area (Å²) in [6.07, 6.45) is 2.27. The normalized spacial score (nSPS) is 14.7. The van der Waals surface area contributed by atoms with Crippen molar-refractivity contribution in [2.45, 2.75) is 6.42 Å². The third-order valence-corrected chi connectivity index (χ3v) is 5.19. The van der Waals surface area contributed by atoms with Gasteiger partial charge in [0.2, 0.25) is 5.91 Å². The molecule has 6 heteroatoms. The molecule has 26 heavy (non-hydrogen) atoms. The first kappa shape index (κ1) is 17.0. The van der Waals surface area contributed by atoms with Gasteiger partial charge in [0.05, 0.1) is 23.7 Å². The van der Waals surface area contributed by atoms with Crippen LogP contribution in [0.2, 0.25) is 0 Å². The van der Waals surface area contributed by atoms with Crippen molar-refractivity contribution in [2.75, 3.05) is 31.1 Å². The second-order valence-corrected chi connectivity index (χ2v) is 7.30. The average Bonchev–Trinajstić information content (AvgIpc) is 2.69. The lowest BCUT2D eigenvalue weighted by molar-refractivity contribution is -0.130. The van der Waals surface area contributed by atoms with Crippen LogP contribution in [0.4, 0.5) is 5.82 Å². The number of fused-ring (bicyclic) bond motifs is 1. The molecule has 2 aromatic carbocycles. The Morgan fingerprint density at radius 1 is 0.962 bits per heavy atom. The van der Waals surface area contributed by atoms with E-state index in [0.717, 1.165) is 40.0 Å². The highest BCUT2D eigenvalue weighted by Gasteiger charge is 2.22. The first-order valence-corrected chi connectivity index (χ1v) is 9.47. The Morgan fingerprint density at radius 3 is 2.38 bits per heavy atom. The summed E-state index contributed by atoms with van der Waals surface area (Å²) in [7, 11) is 0. The molecule has 1 fully saturated rings. The van der Waals surface area contributed by atoms with Gasteiger partial charge in [0.15, 0.2) is 0 Å². The van der Waals surface area contributed by atoms with Gasteiger partial charge in [0, 0.05) is 30.7 Å². The molecule has 0 N–H and O–H groups in total. The van der Waals surface area contributed by atoms with Crippen molar-refractivity contribution in [3.05, 3.63) is 64.8 Å². The van der Waals surface area contributed by atoms with Crippen molar-refractivity contribution in [2.24, 2.45) is 0 Å². The minimum absolute atomic E-state index is 0.177. The molecule has 0 saturated carbocycles. The van der Waals surface area contributed by atoms with Crippen molar-refractivity contribution in [3.8, 4) is 0 Å². The van der Waals surface area contributed by atoms with Crippen molar-refractivity contribution in [1.82, 2.24) is 14.9 Å². The second-order valence-electron chi connectivity index (χ2n) is 6.39. The number of hydrogen-bond donors (Lipinski definition) is 0. The zero-order chi connectivity index (χ0) is 17.9. The summed E-state index contributed by atoms with van der Waals surface area (Å²) in [5, 5.41) is 0. The molecule has 1 aliphatic rings. The maximum atomic E-state index is 12.5. The van der Waals surface area contributed by atoms with Gasteiger partial charge in [-0.15, -0.1) is 0 Å². The Balaban J connectivity index is 1.38. The minimum Gasteiger partial charge on any atom is -0.352 e. The molecule has 5 nitrogen and oxygen atoms in total. The molecule has 1 amide bonds. The number of benzene rings is 2. The molecule has 1 aliphatic heterocycles. The Hall–Kier alpha value is -2.47. The van der Waals surface area contributed by atoms with E-state index in [1.807, 2.05) is 59.6 Å². The Morgan fingerprint density at radius 2 is 1.65 bits per heavy atom. The van der Waals surface area contributed by atoms with Crippen LogP contribution in [0.15, 0.2) is 59.2 Å². The fraction of sp³-hybridized carbons (Fsp3) is 0.250. The number of nitrogens with zero attached hydrogens (tertiary/aromatic N) is 4. The fourth-order valence-electron chi connectivity index (χ4n) is 3.17. The lowest BCUT2D eigenvalue weighted by Gasteiger charge is -2.35. The quantitative estimate of drug-likeness (QED) is 0.664. The van der Waals surface area contributed by atoms with E-state index in [0.29, 0.717) is 19.5 Å². The number of amides is 1. The van der Waals surface area contributed by atoms with Crippen molar-refractivity contribution < 1.29 is 4.79 Å². The minimum atomic E-state index is 0.177. The number of carbonyl (C=O) groups excluding carboxylic acids is 1. The van der Waals surface area contributed by atoms with E-state index in [2.05, 4.69) is 25.8 Å². The molecular weight excluding hydrogens is 392 g/mol. The standard InChI is InChI=1S/C20H19BrN4O/c21-16-7-5-15(6-8-16)13-20(26)25-11-9-24(10-12-25)19-14-22-17-3-1-2-4-18(17)23-19/h1-8,14H,9-13H2. The maximum Gasteiger partial charge on any atom is 0.227 e. The van der Waals surface area contributed by atoms with Gasteiger partial charge in [0.25, 0.3) is 0 Å². The zero-order valence-electron chi connectivity index (χ0n) is 14.3.